The van der Waals surface area contributed by atoms with Crippen molar-refractivity contribution in [2.75, 3.05) is 0 Å². The molecule has 0 aliphatic heterocycles. The smallest absolute Gasteiger partial charge is 0.296 e. The molecule has 2 aromatic heterocycles. The van der Waals surface area contributed by atoms with Crippen LogP contribution in [0.2, 0.25) is 0 Å². The zero-order chi connectivity index (χ0) is 13.3. The van der Waals surface area contributed by atoms with Crippen LogP contribution in [0, 0.1) is 6.92 Å². The second-order valence-corrected chi connectivity index (χ2v) is 7.07. The molecule has 18 heavy (non-hydrogen) atoms. The number of thiophene rings is 1. The summed E-state index contributed by atoms with van der Waals surface area (Å²) in [6.07, 6.45) is 0.771. The highest BCUT2D eigenvalue weighted by Gasteiger charge is 2.23. The fourth-order valence-electron chi connectivity index (χ4n) is 1.68. The highest BCUT2D eigenvalue weighted by atomic mass is 35.7. The largest absolute Gasteiger partial charge is 0.297 e. The Morgan fingerprint density at radius 3 is 2.61 bits per heavy atom. The molecular weight excluding hydrogens is 294 g/mol. The number of aryl methyl sites for hydroxylation is 1. The molecule has 2 aromatic rings. The van der Waals surface area contributed by atoms with Crippen LogP contribution in [-0.4, -0.2) is 23.2 Å². The Balaban J connectivity index is 2.63. The predicted molar refractivity (Wildman–Crippen MR) is 71.4 cm³/mol. The van der Waals surface area contributed by atoms with Gasteiger partial charge in [-0.1, -0.05) is 6.92 Å². The maximum absolute atomic E-state index is 11.4. The Hall–Kier alpha value is -0.920. The molecule has 0 spiro atoms. The van der Waals surface area contributed by atoms with Crippen molar-refractivity contribution in [1.82, 2.24) is 14.8 Å². The standard InChI is InChI=1S/C10H12ClN3O2S2/c1-3-4-14-9(8-6-17-5-7(8)2)12-13-10(14)18(11,15)16/h5-6H,3-4H2,1-2H3. The van der Waals surface area contributed by atoms with Gasteiger partial charge in [-0.25, -0.2) is 8.42 Å². The zero-order valence-corrected chi connectivity index (χ0v) is 12.3. The Morgan fingerprint density at radius 2 is 2.11 bits per heavy atom. The average Bonchev–Trinajstić information content (AvgIpc) is 2.84. The van der Waals surface area contributed by atoms with Crippen LogP contribution in [-0.2, 0) is 15.6 Å². The van der Waals surface area contributed by atoms with E-state index in [-0.39, 0.29) is 5.16 Å². The van der Waals surface area contributed by atoms with Crippen LogP contribution in [0.25, 0.3) is 11.4 Å². The second kappa shape index (κ2) is 4.99. The maximum Gasteiger partial charge on any atom is 0.296 e. The molecule has 0 saturated heterocycles. The molecule has 0 N–H and O–H groups in total. The van der Waals surface area contributed by atoms with Crippen molar-refractivity contribution < 1.29 is 8.42 Å². The lowest BCUT2D eigenvalue weighted by atomic mass is 10.2. The van der Waals surface area contributed by atoms with Gasteiger partial charge in [0, 0.05) is 28.2 Å². The quantitative estimate of drug-likeness (QED) is 0.815. The first-order chi connectivity index (χ1) is 8.45. The fraction of sp³-hybridized carbons (Fsp3) is 0.400. The molecule has 2 heterocycles. The second-order valence-electron chi connectivity index (χ2n) is 3.86. The average molecular weight is 306 g/mol. The Kier molecular flexibility index (Phi) is 3.74. The molecule has 0 unspecified atom stereocenters. The number of halogens is 1. The van der Waals surface area contributed by atoms with Gasteiger partial charge in [-0.2, -0.15) is 11.3 Å². The molecule has 0 atom stereocenters. The van der Waals surface area contributed by atoms with Gasteiger partial charge < -0.3 is 0 Å². The van der Waals surface area contributed by atoms with Gasteiger partial charge in [0.1, 0.15) is 0 Å². The van der Waals surface area contributed by atoms with E-state index in [4.69, 9.17) is 10.7 Å². The lowest BCUT2D eigenvalue weighted by Crippen LogP contribution is -2.07. The maximum atomic E-state index is 11.4. The van der Waals surface area contributed by atoms with Crippen molar-refractivity contribution in [3.63, 3.8) is 0 Å². The van der Waals surface area contributed by atoms with E-state index in [0.717, 1.165) is 17.5 Å². The number of nitrogens with zero attached hydrogens (tertiary/aromatic N) is 3. The fourth-order valence-corrected chi connectivity index (χ4v) is 3.43. The summed E-state index contributed by atoms with van der Waals surface area (Å²) in [4.78, 5) is 0. The normalized spacial score (nSPS) is 11.9. The summed E-state index contributed by atoms with van der Waals surface area (Å²) in [5.74, 6) is 0.551. The van der Waals surface area contributed by atoms with Crippen LogP contribution in [0.3, 0.4) is 0 Å². The third kappa shape index (κ3) is 2.43. The van der Waals surface area contributed by atoms with Gasteiger partial charge in [0.25, 0.3) is 14.2 Å². The molecule has 0 saturated carbocycles. The Labute approximate surface area is 114 Å². The van der Waals surface area contributed by atoms with E-state index in [1.54, 1.807) is 15.9 Å². The first-order valence-corrected chi connectivity index (χ1v) is 8.61. The SMILES string of the molecule is CCCn1c(-c2cscc2C)nnc1S(=O)(=O)Cl. The topological polar surface area (TPSA) is 64.8 Å². The molecule has 0 aliphatic rings. The minimum atomic E-state index is -3.87. The van der Waals surface area contributed by atoms with Crippen molar-refractivity contribution in [2.45, 2.75) is 32.0 Å². The van der Waals surface area contributed by atoms with Crippen LogP contribution in [0.5, 0.6) is 0 Å². The monoisotopic (exact) mass is 305 g/mol. The van der Waals surface area contributed by atoms with Crippen LogP contribution in [0.1, 0.15) is 18.9 Å². The summed E-state index contributed by atoms with van der Waals surface area (Å²) >= 11 is 1.54. The van der Waals surface area contributed by atoms with Gasteiger partial charge >= 0.3 is 0 Å². The van der Waals surface area contributed by atoms with Crippen molar-refractivity contribution >= 4 is 31.1 Å². The number of aromatic nitrogens is 3. The minimum absolute atomic E-state index is 0.188. The first kappa shape index (κ1) is 13.5. The lowest BCUT2D eigenvalue weighted by molar-refractivity contribution is 0.570. The van der Waals surface area contributed by atoms with Crippen LogP contribution in [0.15, 0.2) is 15.9 Å². The van der Waals surface area contributed by atoms with Gasteiger partial charge in [-0.3, -0.25) is 4.57 Å². The van der Waals surface area contributed by atoms with Crippen molar-refractivity contribution in [2.24, 2.45) is 0 Å². The Bertz CT molecular complexity index is 660. The van der Waals surface area contributed by atoms with E-state index >= 15 is 0 Å². The van der Waals surface area contributed by atoms with E-state index in [0.29, 0.717) is 12.4 Å². The van der Waals surface area contributed by atoms with Gasteiger partial charge in [0.05, 0.1) is 0 Å². The van der Waals surface area contributed by atoms with Gasteiger partial charge in [0.15, 0.2) is 5.82 Å². The molecule has 2 rings (SSSR count). The van der Waals surface area contributed by atoms with Crippen LogP contribution < -0.4 is 0 Å². The molecule has 0 aliphatic carbocycles. The van der Waals surface area contributed by atoms with Gasteiger partial charge in [0.2, 0.25) is 0 Å². The Morgan fingerprint density at radius 1 is 1.39 bits per heavy atom. The molecule has 0 aromatic carbocycles. The molecule has 98 valence electrons. The number of hydrogen-bond acceptors (Lipinski definition) is 5. The van der Waals surface area contributed by atoms with E-state index < -0.39 is 9.05 Å². The highest BCUT2D eigenvalue weighted by molar-refractivity contribution is 8.13. The van der Waals surface area contributed by atoms with Crippen LogP contribution >= 0.6 is 22.0 Å². The minimum Gasteiger partial charge on any atom is -0.297 e. The molecule has 0 amide bonds. The third-order valence-corrected chi connectivity index (χ3v) is 4.49. The predicted octanol–water partition coefficient (Wildman–Crippen LogP) is 2.65. The van der Waals surface area contributed by atoms with Crippen molar-refractivity contribution in [1.29, 1.82) is 0 Å². The lowest BCUT2D eigenvalue weighted by Gasteiger charge is -2.06. The highest BCUT2D eigenvalue weighted by Crippen LogP contribution is 2.27. The molecule has 0 bridgehead atoms. The van der Waals surface area contributed by atoms with Crippen molar-refractivity contribution in [3.8, 4) is 11.4 Å². The molecular formula is C10H12ClN3O2S2. The summed E-state index contributed by atoms with van der Waals surface area (Å²) in [6.45, 7) is 4.42. The zero-order valence-electron chi connectivity index (χ0n) is 9.92. The van der Waals surface area contributed by atoms with E-state index in [2.05, 4.69) is 10.2 Å². The summed E-state index contributed by atoms with van der Waals surface area (Å²) in [5.41, 5.74) is 1.94. The van der Waals surface area contributed by atoms with Gasteiger partial charge in [-0.05, 0) is 24.3 Å². The number of rotatable bonds is 4. The summed E-state index contributed by atoms with van der Waals surface area (Å²) in [5, 5.41) is 11.4. The van der Waals surface area contributed by atoms with E-state index in [1.165, 1.54) is 0 Å². The number of hydrogen-bond donors (Lipinski definition) is 0. The van der Waals surface area contributed by atoms with Crippen LogP contribution in [0.4, 0.5) is 0 Å². The van der Waals surface area contributed by atoms with E-state index in [9.17, 15) is 8.42 Å². The molecule has 5 nitrogen and oxygen atoms in total. The summed E-state index contributed by atoms with van der Waals surface area (Å²) in [6, 6.07) is 0. The molecule has 0 fully saturated rings. The third-order valence-electron chi connectivity index (χ3n) is 2.48. The first-order valence-electron chi connectivity index (χ1n) is 5.36. The van der Waals surface area contributed by atoms with E-state index in [1.807, 2.05) is 24.6 Å². The molecule has 8 heteroatoms. The van der Waals surface area contributed by atoms with Crippen molar-refractivity contribution in [3.05, 3.63) is 16.3 Å². The summed E-state index contributed by atoms with van der Waals surface area (Å²) < 4.78 is 24.4. The van der Waals surface area contributed by atoms with Gasteiger partial charge in [-0.15, -0.1) is 10.2 Å². The molecule has 0 radical (unpaired) electrons. The summed E-state index contributed by atoms with van der Waals surface area (Å²) in [7, 11) is 1.49.